The number of aromatic nitrogens is 3. The van der Waals surface area contributed by atoms with Crippen molar-refractivity contribution in [3.8, 4) is 0 Å². The monoisotopic (exact) mass is 498 g/mol. The molecule has 0 aliphatic heterocycles. The molecule has 0 radical (unpaired) electrons. The summed E-state index contributed by atoms with van der Waals surface area (Å²) in [4.78, 5) is 37.6. The molecule has 1 amide bonds. The predicted octanol–water partition coefficient (Wildman–Crippen LogP) is 5.91. The van der Waals surface area contributed by atoms with E-state index >= 15 is 0 Å². The minimum atomic E-state index is -0.234. The molecular weight excluding hydrogens is 472 g/mol. The molecule has 1 heterocycles. The van der Waals surface area contributed by atoms with Crippen LogP contribution in [-0.4, -0.2) is 32.4 Å². The second kappa shape index (κ2) is 11.5. The number of benzene rings is 3. The number of carbonyl (C=O) groups is 2. The van der Waals surface area contributed by atoms with Crippen LogP contribution >= 0.6 is 11.8 Å². The van der Waals surface area contributed by atoms with Crippen molar-refractivity contribution in [2.75, 3.05) is 21.7 Å². The Morgan fingerprint density at radius 1 is 0.750 bits per heavy atom. The summed E-state index contributed by atoms with van der Waals surface area (Å²) in [5.41, 5.74) is 5.08. The van der Waals surface area contributed by atoms with E-state index in [1.165, 1.54) is 18.7 Å². The van der Waals surface area contributed by atoms with Crippen molar-refractivity contribution in [3.63, 3.8) is 0 Å². The van der Waals surface area contributed by atoms with Crippen molar-refractivity contribution in [2.24, 2.45) is 0 Å². The number of anilines is 5. The number of thioether (sulfide) groups is 1. The topological polar surface area (TPSA) is 109 Å². The first-order valence-corrected chi connectivity index (χ1v) is 12.3. The van der Waals surface area contributed by atoms with Crippen LogP contribution in [0.5, 0.6) is 0 Å². The van der Waals surface area contributed by atoms with Crippen LogP contribution in [0.1, 0.15) is 28.4 Å². The van der Waals surface area contributed by atoms with Crippen LogP contribution in [-0.2, 0) is 4.79 Å². The molecule has 0 bridgehead atoms. The standard InChI is InChI=1S/C27H26N6O2S/c1-17-7-11-21(12-8-17)29-25-31-26(30-22-13-9-18(2)10-14-22)33-27(32-25)36-16-24(35)28-23-6-4-5-20(15-23)19(3)34/h4-15H,16H2,1-3H3,(H,28,35)(H2,29,30,31,32,33). The van der Waals surface area contributed by atoms with Crippen LogP contribution in [0, 0.1) is 13.8 Å². The highest BCUT2D eigenvalue weighted by molar-refractivity contribution is 7.99. The molecule has 0 fully saturated rings. The maximum atomic E-state index is 12.6. The fourth-order valence-corrected chi connectivity index (χ4v) is 3.84. The number of Topliss-reactive ketones (excluding diaryl/α,β-unsaturated/α-hetero) is 1. The van der Waals surface area contributed by atoms with Gasteiger partial charge in [-0.25, -0.2) is 0 Å². The number of carbonyl (C=O) groups excluding carboxylic acids is 2. The summed E-state index contributed by atoms with van der Waals surface area (Å²) in [6, 6.07) is 22.6. The van der Waals surface area contributed by atoms with Gasteiger partial charge >= 0.3 is 0 Å². The van der Waals surface area contributed by atoms with Crippen LogP contribution in [0.4, 0.5) is 29.0 Å². The average Bonchev–Trinajstić information content (AvgIpc) is 2.86. The third-order valence-corrected chi connectivity index (χ3v) is 5.96. The molecule has 0 atom stereocenters. The third kappa shape index (κ3) is 7.13. The van der Waals surface area contributed by atoms with Crippen molar-refractivity contribution in [1.29, 1.82) is 0 Å². The maximum absolute atomic E-state index is 12.6. The first-order chi connectivity index (χ1) is 17.3. The molecule has 1 aromatic heterocycles. The van der Waals surface area contributed by atoms with E-state index in [1.54, 1.807) is 24.3 Å². The van der Waals surface area contributed by atoms with E-state index in [4.69, 9.17) is 0 Å². The number of amides is 1. The Balaban J connectivity index is 1.50. The smallest absolute Gasteiger partial charge is 0.234 e. The van der Waals surface area contributed by atoms with Crippen LogP contribution in [0.15, 0.2) is 78.0 Å². The van der Waals surface area contributed by atoms with Crippen molar-refractivity contribution in [3.05, 3.63) is 89.5 Å². The normalized spacial score (nSPS) is 10.5. The van der Waals surface area contributed by atoms with Crippen molar-refractivity contribution < 1.29 is 9.59 Å². The molecule has 0 saturated heterocycles. The lowest BCUT2D eigenvalue weighted by atomic mass is 10.1. The van der Waals surface area contributed by atoms with Gasteiger partial charge in [-0.05, 0) is 57.2 Å². The largest absolute Gasteiger partial charge is 0.325 e. The first kappa shape index (κ1) is 24.9. The van der Waals surface area contributed by atoms with E-state index in [1.807, 2.05) is 62.4 Å². The number of nitrogens with one attached hydrogen (secondary N) is 3. The SMILES string of the molecule is CC(=O)c1cccc(NC(=O)CSc2nc(Nc3ccc(C)cc3)nc(Nc3ccc(C)cc3)n2)c1. The molecule has 0 unspecified atom stereocenters. The highest BCUT2D eigenvalue weighted by Gasteiger charge is 2.12. The minimum Gasteiger partial charge on any atom is -0.325 e. The summed E-state index contributed by atoms with van der Waals surface area (Å²) in [5.74, 6) is 0.513. The van der Waals surface area contributed by atoms with E-state index in [0.29, 0.717) is 28.3 Å². The van der Waals surface area contributed by atoms with Crippen LogP contribution in [0.25, 0.3) is 0 Å². The van der Waals surface area contributed by atoms with Crippen molar-refractivity contribution >= 4 is 52.4 Å². The van der Waals surface area contributed by atoms with Crippen LogP contribution in [0.3, 0.4) is 0 Å². The number of ketones is 1. The van der Waals surface area contributed by atoms with Crippen LogP contribution in [0.2, 0.25) is 0 Å². The first-order valence-electron chi connectivity index (χ1n) is 11.3. The third-order valence-electron chi connectivity index (χ3n) is 5.12. The van der Waals surface area contributed by atoms with E-state index in [2.05, 4.69) is 30.9 Å². The molecule has 182 valence electrons. The Morgan fingerprint density at radius 2 is 1.31 bits per heavy atom. The number of rotatable bonds is 9. The van der Waals surface area contributed by atoms with E-state index in [9.17, 15) is 9.59 Å². The summed E-state index contributed by atoms with van der Waals surface area (Å²) >= 11 is 1.19. The maximum Gasteiger partial charge on any atom is 0.234 e. The van der Waals surface area contributed by atoms with E-state index in [0.717, 1.165) is 22.5 Å². The minimum absolute atomic E-state index is 0.0622. The van der Waals surface area contributed by atoms with Gasteiger partial charge in [0.15, 0.2) is 10.9 Å². The molecule has 8 nitrogen and oxygen atoms in total. The van der Waals surface area contributed by atoms with Gasteiger partial charge in [0.05, 0.1) is 5.75 Å². The van der Waals surface area contributed by atoms with E-state index in [-0.39, 0.29) is 17.4 Å². The molecule has 9 heteroatoms. The van der Waals surface area contributed by atoms with Gasteiger partial charge in [0.1, 0.15) is 0 Å². The van der Waals surface area contributed by atoms with Gasteiger partial charge in [0, 0.05) is 22.6 Å². The Bertz CT molecular complexity index is 1310. The molecule has 0 aliphatic carbocycles. The molecule has 3 N–H and O–H groups in total. The Hall–Kier alpha value is -4.24. The highest BCUT2D eigenvalue weighted by atomic mass is 32.2. The quantitative estimate of drug-likeness (QED) is 0.193. The number of nitrogens with zero attached hydrogens (tertiary/aromatic N) is 3. The number of hydrogen-bond acceptors (Lipinski definition) is 8. The molecule has 4 aromatic rings. The second-order valence-corrected chi connectivity index (χ2v) is 9.16. The lowest BCUT2D eigenvalue weighted by Gasteiger charge is -2.11. The summed E-state index contributed by atoms with van der Waals surface area (Å²) in [5, 5.41) is 9.61. The molecule has 3 aromatic carbocycles. The summed E-state index contributed by atoms with van der Waals surface area (Å²) < 4.78 is 0. The fraction of sp³-hybridized carbons (Fsp3) is 0.148. The predicted molar refractivity (Wildman–Crippen MR) is 145 cm³/mol. The molecule has 36 heavy (non-hydrogen) atoms. The van der Waals surface area contributed by atoms with Crippen molar-refractivity contribution in [2.45, 2.75) is 25.9 Å². The summed E-state index contributed by atoms with van der Waals surface area (Å²) in [6.07, 6.45) is 0. The molecule has 0 spiro atoms. The number of hydrogen-bond donors (Lipinski definition) is 3. The Kier molecular flexibility index (Phi) is 7.92. The van der Waals surface area contributed by atoms with Gasteiger partial charge in [0.25, 0.3) is 0 Å². The second-order valence-electron chi connectivity index (χ2n) is 8.22. The van der Waals surface area contributed by atoms with Gasteiger partial charge in [0.2, 0.25) is 17.8 Å². The van der Waals surface area contributed by atoms with Gasteiger partial charge in [-0.2, -0.15) is 15.0 Å². The van der Waals surface area contributed by atoms with Crippen LogP contribution < -0.4 is 16.0 Å². The highest BCUT2D eigenvalue weighted by Crippen LogP contribution is 2.22. The van der Waals surface area contributed by atoms with Gasteiger partial charge in [-0.3, -0.25) is 9.59 Å². The molecular formula is C27H26N6O2S. The zero-order valence-corrected chi connectivity index (χ0v) is 21.0. The zero-order chi connectivity index (χ0) is 25.5. The lowest BCUT2D eigenvalue weighted by molar-refractivity contribution is -0.113. The van der Waals surface area contributed by atoms with Gasteiger partial charge < -0.3 is 16.0 Å². The zero-order valence-electron chi connectivity index (χ0n) is 20.2. The molecule has 0 saturated carbocycles. The fourth-order valence-electron chi connectivity index (χ4n) is 3.21. The van der Waals surface area contributed by atoms with Gasteiger partial charge in [-0.15, -0.1) is 0 Å². The van der Waals surface area contributed by atoms with E-state index < -0.39 is 0 Å². The van der Waals surface area contributed by atoms with Gasteiger partial charge in [-0.1, -0.05) is 59.3 Å². The average molecular weight is 499 g/mol. The Morgan fingerprint density at radius 3 is 1.83 bits per heavy atom. The number of aryl methyl sites for hydroxylation is 2. The summed E-state index contributed by atoms with van der Waals surface area (Å²) in [6.45, 7) is 5.53. The van der Waals surface area contributed by atoms with Crippen molar-refractivity contribution in [1.82, 2.24) is 15.0 Å². The molecule has 4 rings (SSSR count). The summed E-state index contributed by atoms with van der Waals surface area (Å²) in [7, 11) is 0. The molecule has 0 aliphatic rings. The Labute approximate surface area is 214 Å². The lowest BCUT2D eigenvalue weighted by Crippen LogP contribution is -2.15.